The number of carbonyl (C=O) groups excluding carboxylic acids is 2. The molecule has 3 aromatic rings. The first-order valence-electron chi connectivity index (χ1n) is 8.75. The quantitative estimate of drug-likeness (QED) is 0.618. The summed E-state index contributed by atoms with van der Waals surface area (Å²) in [5.74, 6) is 0.718. The molecule has 0 unspecified atom stereocenters. The summed E-state index contributed by atoms with van der Waals surface area (Å²) < 4.78 is 9.98. The molecule has 0 aliphatic heterocycles. The first-order valence-corrected chi connectivity index (χ1v) is 8.75. The fraction of sp³-hybridized carbons (Fsp3) is 0.143. The Morgan fingerprint density at radius 1 is 0.966 bits per heavy atom. The maximum Gasteiger partial charge on any atom is 0.337 e. The molecule has 0 atom stereocenters. The second-order valence-corrected chi connectivity index (χ2v) is 6.03. The van der Waals surface area contributed by atoms with Gasteiger partial charge in [-0.2, -0.15) is 0 Å². The van der Waals surface area contributed by atoms with E-state index in [1.54, 1.807) is 44.4 Å². The standard InChI is InChI=1S/C21H20N4O4/c1-13-22-17(12-19(23-13)25-16-6-4-5-7-18(16)28-2)20(26)24-15-10-8-14(9-11-15)21(27)29-3/h4-12H,1-3H3,(H,24,26)(H,22,23,25). The number of nitrogens with zero attached hydrogens (tertiary/aromatic N) is 2. The van der Waals surface area contributed by atoms with E-state index >= 15 is 0 Å². The van der Waals surface area contributed by atoms with Crippen LogP contribution in [0, 0.1) is 6.92 Å². The van der Waals surface area contributed by atoms with Gasteiger partial charge in [0, 0.05) is 11.8 Å². The number of ether oxygens (including phenoxy) is 2. The summed E-state index contributed by atoms with van der Waals surface area (Å²) in [6.45, 7) is 1.70. The lowest BCUT2D eigenvalue weighted by Gasteiger charge is -2.12. The summed E-state index contributed by atoms with van der Waals surface area (Å²) in [5, 5.41) is 5.89. The van der Waals surface area contributed by atoms with Crippen LogP contribution in [0.4, 0.5) is 17.2 Å². The molecule has 8 nitrogen and oxygen atoms in total. The number of rotatable bonds is 6. The van der Waals surface area contributed by atoms with Gasteiger partial charge >= 0.3 is 5.97 Å². The highest BCUT2D eigenvalue weighted by Crippen LogP contribution is 2.26. The third-order valence-electron chi connectivity index (χ3n) is 4.00. The maximum absolute atomic E-state index is 12.6. The maximum atomic E-state index is 12.6. The SMILES string of the molecule is COC(=O)c1ccc(NC(=O)c2cc(Nc3ccccc3OC)nc(C)n2)cc1. The van der Waals surface area contributed by atoms with Gasteiger partial charge in [0.15, 0.2) is 0 Å². The van der Waals surface area contributed by atoms with Crippen molar-refractivity contribution in [2.24, 2.45) is 0 Å². The van der Waals surface area contributed by atoms with E-state index in [4.69, 9.17) is 4.74 Å². The summed E-state index contributed by atoms with van der Waals surface area (Å²) >= 11 is 0. The van der Waals surface area contributed by atoms with Crippen molar-refractivity contribution < 1.29 is 19.1 Å². The Kier molecular flexibility index (Phi) is 6.03. The molecule has 8 heteroatoms. The molecule has 0 bridgehead atoms. The van der Waals surface area contributed by atoms with E-state index < -0.39 is 11.9 Å². The Labute approximate surface area is 167 Å². The number of amides is 1. The molecule has 0 aliphatic rings. The van der Waals surface area contributed by atoms with Crippen LogP contribution in [0.2, 0.25) is 0 Å². The van der Waals surface area contributed by atoms with Crippen LogP contribution in [0.1, 0.15) is 26.7 Å². The van der Waals surface area contributed by atoms with E-state index in [0.29, 0.717) is 28.6 Å². The molecular weight excluding hydrogens is 372 g/mol. The number of nitrogens with one attached hydrogen (secondary N) is 2. The molecule has 0 radical (unpaired) electrons. The molecule has 1 heterocycles. The lowest BCUT2D eigenvalue weighted by atomic mass is 10.2. The average Bonchev–Trinajstić information content (AvgIpc) is 2.73. The number of hydrogen-bond donors (Lipinski definition) is 2. The molecule has 0 aliphatic carbocycles. The Hall–Kier alpha value is -3.94. The van der Waals surface area contributed by atoms with E-state index in [2.05, 4.69) is 25.3 Å². The highest BCUT2D eigenvalue weighted by atomic mass is 16.5. The van der Waals surface area contributed by atoms with E-state index in [1.165, 1.54) is 7.11 Å². The summed E-state index contributed by atoms with van der Waals surface area (Å²) in [4.78, 5) is 32.7. The summed E-state index contributed by atoms with van der Waals surface area (Å²) in [7, 11) is 2.89. The van der Waals surface area contributed by atoms with Crippen molar-refractivity contribution in [2.45, 2.75) is 6.92 Å². The predicted molar refractivity (Wildman–Crippen MR) is 109 cm³/mol. The zero-order chi connectivity index (χ0) is 20.8. The molecule has 148 valence electrons. The van der Waals surface area contributed by atoms with Gasteiger partial charge in [-0.25, -0.2) is 14.8 Å². The zero-order valence-electron chi connectivity index (χ0n) is 16.2. The summed E-state index contributed by atoms with van der Waals surface area (Å²) in [6.07, 6.45) is 0. The van der Waals surface area contributed by atoms with Gasteiger partial charge in [0.2, 0.25) is 0 Å². The number of methoxy groups -OCH3 is 2. The topological polar surface area (TPSA) is 102 Å². The van der Waals surface area contributed by atoms with Crippen molar-refractivity contribution in [3.63, 3.8) is 0 Å². The minimum atomic E-state index is -0.443. The largest absolute Gasteiger partial charge is 0.495 e. The molecule has 1 amide bonds. The minimum absolute atomic E-state index is 0.201. The normalized spacial score (nSPS) is 10.2. The van der Waals surface area contributed by atoms with Crippen LogP contribution in [0.5, 0.6) is 5.75 Å². The number of anilines is 3. The van der Waals surface area contributed by atoms with Crippen molar-refractivity contribution >= 4 is 29.1 Å². The van der Waals surface area contributed by atoms with Crippen molar-refractivity contribution in [3.8, 4) is 5.75 Å². The number of aromatic nitrogens is 2. The van der Waals surface area contributed by atoms with Crippen LogP contribution in [-0.2, 0) is 4.74 Å². The second-order valence-electron chi connectivity index (χ2n) is 6.03. The van der Waals surface area contributed by atoms with Crippen LogP contribution in [0.25, 0.3) is 0 Å². The monoisotopic (exact) mass is 392 g/mol. The van der Waals surface area contributed by atoms with E-state index in [1.807, 2.05) is 24.3 Å². The molecule has 2 aromatic carbocycles. The Balaban J connectivity index is 1.78. The fourth-order valence-corrected chi connectivity index (χ4v) is 2.64. The predicted octanol–water partition coefficient (Wildman–Crippen LogP) is 3.58. The van der Waals surface area contributed by atoms with Crippen molar-refractivity contribution in [1.29, 1.82) is 0 Å². The molecule has 0 saturated heterocycles. The summed E-state index contributed by atoms with van der Waals surface area (Å²) in [6, 6.07) is 15.3. The number of aryl methyl sites for hydroxylation is 1. The Morgan fingerprint density at radius 2 is 1.69 bits per heavy atom. The molecule has 0 fully saturated rings. The van der Waals surface area contributed by atoms with E-state index in [-0.39, 0.29) is 5.69 Å². The molecule has 0 spiro atoms. The van der Waals surface area contributed by atoms with E-state index in [9.17, 15) is 9.59 Å². The van der Waals surface area contributed by atoms with Crippen molar-refractivity contribution in [2.75, 3.05) is 24.9 Å². The number of benzene rings is 2. The highest BCUT2D eigenvalue weighted by molar-refractivity contribution is 6.03. The van der Waals surface area contributed by atoms with Crippen LogP contribution < -0.4 is 15.4 Å². The van der Waals surface area contributed by atoms with Gasteiger partial charge in [-0.15, -0.1) is 0 Å². The second kappa shape index (κ2) is 8.83. The third-order valence-corrected chi connectivity index (χ3v) is 4.00. The number of para-hydroxylation sites is 2. The van der Waals surface area contributed by atoms with Gasteiger partial charge in [0.1, 0.15) is 23.1 Å². The van der Waals surface area contributed by atoms with Crippen LogP contribution >= 0.6 is 0 Å². The van der Waals surface area contributed by atoms with Gasteiger partial charge in [-0.1, -0.05) is 12.1 Å². The number of hydrogen-bond acceptors (Lipinski definition) is 7. The third kappa shape index (κ3) is 4.86. The van der Waals surface area contributed by atoms with Crippen LogP contribution in [0.3, 0.4) is 0 Å². The van der Waals surface area contributed by atoms with Gasteiger partial charge < -0.3 is 20.1 Å². The molecule has 1 aromatic heterocycles. The first-order chi connectivity index (χ1) is 14.0. The zero-order valence-corrected chi connectivity index (χ0v) is 16.2. The van der Waals surface area contributed by atoms with Crippen LogP contribution in [-0.4, -0.2) is 36.1 Å². The Bertz CT molecular complexity index is 1040. The lowest BCUT2D eigenvalue weighted by Crippen LogP contribution is -2.15. The minimum Gasteiger partial charge on any atom is -0.495 e. The highest BCUT2D eigenvalue weighted by Gasteiger charge is 2.13. The number of carbonyl (C=O) groups is 2. The average molecular weight is 392 g/mol. The molecule has 3 rings (SSSR count). The first kappa shape index (κ1) is 19.8. The van der Waals surface area contributed by atoms with E-state index in [0.717, 1.165) is 5.69 Å². The Morgan fingerprint density at radius 3 is 2.38 bits per heavy atom. The molecular formula is C21H20N4O4. The molecule has 0 saturated carbocycles. The molecule has 29 heavy (non-hydrogen) atoms. The van der Waals surface area contributed by atoms with Gasteiger partial charge in [-0.3, -0.25) is 4.79 Å². The van der Waals surface area contributed by atoms with Gasteiger partial charge in [-0.05, 0) is 43.3 Å². The fourth-order valence-electron chi connectivity index (χ4n) is 2.64. The van der Waals surface area contributed by atoms with Crippen LogP contribution in [0.15, 0.2) is 54.6 Å². The summed E-state index contributed by atoms with van der Waals surface area (Å²) in [5.41, 5.74) is 1.84. The van der Waals surface area contributed by atoms with Crippen molar-refractivity contribution in [1.82, 2.24) is 9.97 Å². The smallest absolute Gasteiger partial charge is 0.337 e. The van der Waals surface area contributed by atoms with Crippen molar-refractivity contribution in [3.05, 3.63) is 71.7 Å². The number of esters is 1. The van der Waals surface area contributed by atoms with Gasteiger partial charge in [0.25, 0.3) is 5.91 Å². The molecule has 2 N–H and O–H groups in total. The lowest BCUT2D eigenvalue weighted by molar-refractivity contribution is 0.0600. The van der Waals surface area contributed by atoms with Gasteiger partial charge in [0.05, 0.1) is 25.5 Å².